The van der Waals surface area contributed by atoms with Gasteiger partial charge in [0.15, 0.2) is 17.5 Å². The number of benzene rings is 1. The van der Waals surface area contributed by atoms with Gasteiger partial charge in [0.25, 0.3) is 0 Å². The normalized spacial score (nSPS) is 21.3. The number of likely N-dealkylation sites (tertiary alicyclic amines) is 1. The molecule has 23 heavy (non-hydrogen) atoms. The van der Waals surface area contributed by atoms with Crippen molar-refractivity contribution in [1.82, 2.24) is 15.5 Å². The minimum absolute atomic E-state index is 0.311. The van der Waals surface area contributed by atoms with Crippen LogP contribution in [0.15, 0.2) is 23.2 Å². The Morgan fingerprint density at radius 3 is 3.00 bits per heavy atom. The van der Waals surface area contributed by atoms with Crippen LogP contribution in [0.2, 0.25) is 0 Å². The molecule has 1 saturated heterocycles. The summed E-state index contributed by atoms with van der Waals surface area (Å²) in [6, 6.07) is 6.01. The number of guanidine groups is 1. The van der Waals surface area contributed by atoms with Crippen LogP contribution in [0.4, 0.5) is 0 Å². The summed E-state index contributed by atoms with van der Waals surface area (Å²) in [7, 11) is 4.00. The number of rotatable bonds is 4. The Morgan fingerprint density at radius 2 is 2.17 bits per heavy atom. The van der Waals surface area contributed by atoms with Gasteiger partial charge in [-0.15, -0.1) is 0 Å². The van der Waals surface area contributed by atoms with Crippen molar-refractivity contribution in [1.29, 1.82) is 0 Å². The van der Waals surface area contributed by atoms with Gasteiger partial charge in [-0.3, -0.25) is 4.99 Å². The molecule has 1 aromatic rings. The molecule has 6 nitrogen and oxygen atoms in total. The number of nitrogens with zero attached hydrogens (tertiary/aromatic N) is 2. The molecule has 1 fully saturated rings. The third-order valence-electron chi connectivity index (χ3n) is 4.40. The minimum atomic E-state index is 0.311. The van der Waals surface area contributed by atoms with Crippen LogP contribution in [0.3, 0.4) is 0 Å². The van der Waals surface area contributed by atoms with E-state index in [0.29, 0.717) is 19.3 Å². The second kappa shape index (κ2) is 7.55. The quantitative estimate of drug-likeness (QED) is 0.649. The molecule has 6 heteroatoms. The molecule has 0 radical (unpaired) electrons. The number of aliphatic imine (C=N–C) groups is 1. The molecule has 0 bridgehead atoms. The van der Waals surface area contributed by atoms with Crippen molar-refractivity contribution in [3.05, 3.63) is 23.8 Å². The molecule has 0 aliphatic carbocycles. The summed E-state index contributed by atoms with van der Waals surface area (Å²) in [5.41, 5.74) is 1.15. The Balaban J connectivity index is 1.46. The summed E-state index contributed by atoms with van der Waals surface area (Å²) in [6.45, 7) is 4.36. The molecule has 2 heterocycles. The molecule has 126 valence electrons. The van der Waals surface area contributed by atoms with Gasteiger partial charge in [-0.25, -0.2) is 0 Å². The summed E-state index contributed by atoms with van der Waals surface area (Å²) in [5.74, 6) is 3.17. The van der Waals surface area contributed by atoms with E-state index < -0.39 is 0 Å². The second-order valence-electron chi connectivity index (χ2n) is 6.26. The van der Waals surface area contributed by atoms with Gasteiger partial charge in [0.1, 0.15) is 0 Å². The molecular weight excluding hydrogens is 292 g/mol. The first-order chi connectivity index (χ1) is 11.2. The third kappa shape index (κ3) is 4.28. The highest BCUT2D eigenvalue weighted by atomic mass is 16.7. The van der Waals surface area contributed by atoms with E-state index in [4.69, 9.17) is 9.47 Å². The molecule has 1 unspecified atom stereocenters. The van der Waals surface area contributed by atoms with Crippen molar-refractivity contribution in [2.24, 2.45) is 10.9 Å². The Kier molecular flexibility index (Phi) is 5.23. The SMILES string of the molecule is CN=C(NCc1ccc2c(c1)OCO2)NCC1CCCN(C)C1. The van der Waals surface area contributed by atoms with Gasteiger partial charge in [-0.05, 0) is 50.0 Å². The number of hydrogen-bond acceptors (Lipinski definition) is 4. The van der Waals surface area contributed by atoms with E-state index in [2.05, 4.69) is 27.6 Å². The van der Waals surface area contributed by atoms with Crippen LogP contribution in [-0.4, -0.2) is 51.4 Å². The van der Waals surface area contributed by atoms with Crippen LogP contribution in [0, 0.1) is 5.92 Å². The molecule has 2 aliphatic rings. The van der Waals surface area contributed by atoms with E-state index in [1.54, 1.807) is 0 Å². The van der Waals surface area contributed by atoms with Crippen LogP contribution in [0.25, 0.3) is 0 Å². The van der Waals surface area contributed by atoms with Gasteiger partial charge >= 0.3 is 0 Å². The van der Waals surface area contributed by atoms with Gasteiger partial charge in [0, 0.05) is 26.7 Å². The second-order valence-corrected chi connectivity index (χ2v) is 6.26. The molecule has 2 aliphatic heterocycles. The standard InChI is InChI=1S/C17H26N4O2/c1-18-17(20-10-14-4-3-7-21(2)11-14)19-9-13-5-6-15-16(8-13)23-12-22-15/h5-6,8,14H,3-4,7,9-12H2,1-2H3,(H2,18,19,20). The maximum absolute atomic E-state index is 5.41. The van der Waals surface area contributed by atoms with E-state index in [-0.39, 0.29) is 0 Å². The van der Waals surface area contributed by atoms with Gasteiger partial charge < -0.3 is 25.0 Å². The lowest BCUT2D eigenvalue weighted by atomic mass is 9.99. The number of hydrogen-bond donors (Lipinski definition) is 2. The highest BCUT2D eigenvalue weighted by Crippen LogP contribution is 2.32. The Hall–Kier alpha value is -1.95. The average molecular weight is 318 g/mol. The average Bonchev–Trinajstić information content (AvgIpc) is 3.03. The molecule has 1 atom stereocenters. The maximum Gasteiger partial charge on any atom is 0.231 e. The van der Waals surface area contributed by atoms with Crippen molar-refractivity contribution in [3.63, 3.8) is 0 Å². The van der Waals surface area contributed by atoms with E-state index in [1.165, 1.54) is 19.4 Å². The summed E-state index contributed by atoms with van der Waals surface area (Å²) in [4.78, 5) is 6.71. The Bertz CT molecular complexity index is 562. The number of ether oxygens (including phenoxy) is 2. The van der Waals surface area contributed by atoms with Gasteiger partial charge in [0.05, 0.1) is 0 Å². The first-order valence-corrected chi connectivity index (χ1v) is 8.26. The Morgan fingerprint density at radius 1 is 1.30 bits per heavy atom. The first-order valence-electron chi connectivity index (χ1n) is 8.26. The number of fused-ring (bicyclic) bond motifs is 1. The van der Waals surface area contributed by atoms with Gasteiger partial charge in [-0.2, -0.15) is 0 Å². The van der Waals surface area contributed by atoms with Crippen molar-refractivity contribution >= 4 is 5.96 Å². The smallest absolute Gasteiger partial charge is 0.231 e. The topological polar surface area (TPSA) is 58.1 Å². The van der Waals surface area contributed by atoms with E-state index in [9.17, 15) is 0 Å². The van der Waals surface area contributed by atoms with Crippen LogP contribution in [0.5, 0.6) is 11.5 Å². The predicted molar refractivity (Wildman–Crippen MR) is 91.0 cm³/mol. The summed E-state index contributed by atoms with van der Waals surface area (Å²) >= 11 is 0. The van der Waals surface area contributed by atoms with E-state index in [1.807, 2.05) is 25.2 Å². The Labute approximate surface area is 137 Å². The highest BCUT2D eigenvalue weighted by Gasteiger charge is 2.17. The molecular formula is C17H26N4O2. The fraction of sp³-hybridized carbons (Fsp3) is 0.588. The first kappa shape index (κ1) is 15.9. The molecule has 0 spiro atoms. The van der Waals surface area contributed by atoms with Crippen LogP contribution in [-0.2, 0) is 6.54 Å². The summed E-state index contributed by atoms with van der Waals surface area (Å²) in [5, 5.41) is 6.80. The molecule has 0 aromatic heterocycles. The summed E-state index contributed by atoms with van der Waals surface area (Å²) in [6.07, 6.45) is 2.57. The lowest BCUT2D eigenvalue weighted by molar-refractivity contribution is 0.174. The maximum atomic E-state index is 5.41. The highest BCUT2D eigenvalue weighted by molar-refractivity contribution is 5.79. The molecule has 1 aromatic carbocycles. The third-order valence-corrected chi connectivity index (χ3v) is 4.40. The van der Waals surface area contributed by atoms with Crippen molar-refractivity contribution in [2.45, 2.75) is 19.4 Å². The molecule has 0 amide bonds. The van der Waals surface area contributed by atoms with Gasteiger partial charge in [-0.1, -0.05) is 6.07 Å². The lowest BCUT2D eigenvalue weighted by Crippen LogP contribution is -2.43. The minimum Gasteiger partial charge on any atom is -0.454 e. The fourth-order valence-corrected chi connectivity index (χ4v) is 3.14. The number of piperidine rings is 1. The largest absolute Gasteiger partial charge is 0.454 e. The summed E-state index contributed by atoms with van der Waals surface area (Å²) < 4.78 is 10.7. The van der Waals surface area contributed by atoms with Gasteiger partial charge in [0.2, 0.25) is 6.79 Å². The van der Waals surface area contributed by atoms with Crippen LogP contribution < -0.4 is 20.1 Å². The van der Waals surface area contributed by atoms with Crippen LogP contribution >= 0.6 is 0 Å². The zero-order valence-electron chi connectivity index (χ0n) is 14.0. The zero-order valence-corrected chi connectivity index (χ0v) is 14.0. The fourth-order valence-electron chi connectivity index (χ4n) is 3.14. The number of nitrogens with one attached hydrogen (secondary N) is 2. The van der Waals surface area contributed by atoms with Crippen molar-refractivity contribution < 1.29 is 9.47 Å². The van der Waals surface area contributed by atoms with E-state index in [0.717, 1.165) is 36.1 Å². The predicted octanol–water partition coefficient (Wildman–Crippen LogP) is 1.42. The molecule has 0 saturated carbocycles. The van der Waals surface area contributed by atoms with Crippen molar-refractivity contribution in [3.8, 4) is 11.5 Å². The van der Waals surface area contributed by atoms with Crippen LogP contribution in [0.1, 0.15) is 18.4 Å². The van der Waals surface area contributed by atoms with E-state index >= 15 is 0 Å². The molecule has 2 N–H and O–H groups in total. The molecule has 3 rings (SSSR count). The zero-order chi connectivity index (χ0) is 16.1. The van der Waals surface area contributed by atoms with Crippen molar-refractivity contribution in [2.75, 3.05) is 40.5 Å². The monoisotopic (exact) mass is 318 g/mol. The lowest BCUT2D eigenvalue weighted by Gasteiger charge is -2.30.